The monoisotopic (exact) mass is 371 g/mol. The van der Waals surface area contributed by atoms with E-state index in [0.29, 0.717) is 11.3 Å². The van der Waals surface area contributed by atoms with E-state index >= 15 is 0 Å². The molecule has 0 aliphatic carbocycles. The first-order valence-electron chi connectivity index (χ1n) is 6.84. The number of hydrogen-bond acceptors (Lipinski definition) is 4. The lowest BCUT2D eigenvalue weighted by atomic mass is 10.1. The molecular weight excluding hydrogens is 358 g/mol. The summed E-state index contributed by atoms with van der Waals surface area (Å²) in [5.41, 5.74) is 4.06. The van der Waals surface area contributed by atoms with Gasteiger partial charge in [-0.25, -0.2) is 5.43 Å². The van der Waals surface area contributed by atoms with Crippen LogP contribution in [0.3, 0.4) is 0 Å². The molecule has 0 spiro atoms. The van der Waals surface area contributed by atoms with E-state index in [0.717, 1.165) is 10.0 Å². The second-order valence-corrected chi connectivity index (χ2v) is 5.50. The van der Waals surface area contributed by atoms with Crippen molar-refractivity contribution >= 4 is 28.1 Å². The maximum Gasteiger partial charge on any atom is 0.244 e. The molecule has 5 nitrogen and oxygen atoms in total. The molecule has 1 amide bonds. The Hall–Kier alpha value is -2.65. The van der Waals surface area contributed by atoms with E-state index in [1.165, 1.54) is 6.21 Å². The van der Waals surface area contributed by atoms with Gasteiger partial charge in [0, 0.05) is 10.0 Å². The number of nitriles is 1. The number of halogens is 1. The molecule has 0 aliphatic rings. The van der Waals surface area contributed by atoms with Crippen molar-refractivity contribution in [3.63, 3.8) is 0 Å². The molecule has 2 aromatic carbocycles. The summed E-state index contributed by atoms with van der Waals surface area (Å²) in [7, 11) is 0. The zero-order chi connectivity index (χ0) is 16.5. The number of ether oxygens (including phenoxy) is 1. The lowest BCUT2D eigenvalue weighted by Crippen LogP contribution is -2.19. The van der Waals surface area contributed by atoms with Crippen molar-refractivity contribution in [3.05, 3.63) is 64.1 Å². The molecule has 0 aliphatic heterocycles. The smallest absolute Gasteiger partial charge is 0.244 e. The van der Waals surface area contributed by atoms with E-state index < -0.39 is 0 Å². The molecule has 2 aromatic rings. The topological polar surface area (TPSA) is 74.5 Å². The number of nitrogens with one attached hydrogen (secondary N) is 1. The highest BCUT2D eigenvalue weighted by atomic mass is 79.9. The van der Waals surface area contributed by atoms with E-state index in [-0.39, 0.29) is 18.9 Å². The van der Waals surface area contributed by atoms with Crippen LogP contribution in [0.15, 0.2) is 58.1 Å². The highest BCUT2D eigenvalue weighted by Crippen LogP contribution is 2.15. The number of carbonyl (C=O) groups is 1. The first-order chi connectivity index (χ1) is 11.2. The van der Waals surface area contributed by atoms with Crippen molar-refractivity contribution in [2.24, 2.45) is 5.10 Å². The fourth-order valence-corrected chi connectivity index (χ4v) is 2.09. The van der Waals surface area contributed by atoms with Crippen LogP contribution in [0.25, 0.3) is 0 Å². The van der Waals surface area contributed by atoms with Crippen LogP contribution in [0.2, 0.25) is 0 Å². The van der Waals surface area contributed by atoms with Gasteiger partial charge in [0.25, 0.3) is 0 Å². The highest BCUT2D eigenvalue weighted by molar-refractivity contribution is 9.10. The highest BCUT2D eigenvalue weighted by Gasteiger charge is 2.03. The molecular formula is C17H14BrN3O2. The number of amides is 1. The maximum atomic E-state index is 11.8. The quantitative estimate of drug-likeness (QED) is 0.626. The van der Waals surface area contributed by atoms with Gasteiger partial charge in [-0.3, -0.25) is 4.79 Å². The molecule has 6 heteroatoms. The average molecular weight is 372 g/mol. The predicted molar refractivity (Wildman–Crippen MR) is 91.1 cm³/mol. The van der Waals surface area contributed by atoms with Crippen LogP contribution in [0.4, 0.5) is 0 Å². The molecule has 0 atom stereocenters. The molecule has 0 saturated carbocycles. The van der Waals surface area contributed by atoms with Gasteiger partial charge in [0.15, 0.2) is 6.61 Å². The number of benzene rings is 2. The van der Waals surface area contributed by atoms with Gasteiger partial charge < -0.3 is 4.74 Å². The van der Waals surface area contributed by atoms with E-state index in [1.807, 2.05) is 36.4 Å². The summed E-state index contributed by atoms with van der Waals surface area (Å²) in [6.45, 7) is -0.0409. The second kappa shape index (κ2) is 8.71. The molecule has 2 rings (SSSR count). The van der Waals surface area contributed by atoms with E-state index in [1.54, 1.807) is 18.2 Å². The van der Waals surface area contributed by atoms with E-state index in [9.17, 15) is 4.79 Å². The summed E-state index contributed by atoms with van der Waals surface area (Å²) in [4.78, 5) is 11.8. The third-order valence-electron chi connectivity index (χ3n) is 2.88. The number of carbonyl (C=O) groups excluding carboxylic acids is 1. The van der Waals surface area contributed by atoms with Crippen molar-refractivity contribution in [1.29, 1.82) is 5.26 Å². The Morgan fingerprint density at radius 3 is 2.74 bits per heavy atom. The Labute approximate surface area is 142 Å². The van der Waals surface area contributed by atoms with Crippen molar-refractivity contribution in [3.8, 4) is 11.8 Å². The molecule has 0 bridgehead atoms. The van der Waals surface area contributed by atoms with Gasteiger partial charge in [0.1, 0.15) is 11.8 Å². The Balaban J connectivity index is 1.92. The zero-order valence-electron chi connectivity index (χ0n) is 12.2. The van der Waals surface area contributed by atoms with Gasteiger partial charge in [-0.2, -0.15) is 10.4 Å². The number of hydrazone groups is 1. The number of rotatable bonds is 6. The largest absolute Gasteiger partial charge is 0.478 e. The van der Waals surface area contributed by atoms with Gasteiger partial charge in [-0.15, -0.1) is 0 Å². The standard InChI is InChI=1S/C17H14BrN3O2/c18-15-7-5-13(6-8-15)11-17(22)21-20-12-14-3-1-2-4-16(14)23-10-9-19/h1-8,12H,10-11H2,(H,21,22)/b20-12+. The van der Waals surface area contributed by atoms with Crippen LogP contribution in [0.5, 0.6) is 5.75 Å². The van der Waals surface area contributed by atoms with Crippen LogP contribution < -0.4 is 10.2 Å². The summed E-state index contributed by atoms with van der Waals surface area (Å²) in [5, 5.41) is 12.5. The SMILES string of the molecule is N#CCOc1ccccc1/C=N/NC(=O)Cc1ccc(Br)cc1. The number of para-hydroxylation sites is 1. The van der Waals surface area contributed by atoms with Crippen LogP contribution in [0, 0.1) is 11.3 Å². The molecule has 0 saturated heterocycles. The lowest BCUT2D eigenvalue weighted by Gasteiger charge is -2.05. The Bertz CT molecular complexity index is 736. The molecule has 1 N–H and O–H groups in total. The van der Waals surface area contributed by atoms with Gasteiger partial charge in [-0.05, 0) is 29.8 Å². The Kier molecular flexibility index (Phi) is 6.33. The maximum absolute atomic E-state index is 11.8. The summed E-state index contributed by atoms with van der Waals surface area (Å²) >= 11 is 3.35. The van der Waals surface area contributed by atoms with Crippen LogP contribution >= 0.6 is 15.9 Å². The zero-order valence-corrected chi connectivity index (χ0v) is 13.8. The molecule has 0 radical (unpaired) electrons. The van der Waals surface area contributed by atoms with E-state index in [2.05, 4.69) is 26.5 Å². The van der Waals surface area contributed by atoms with Crippen molar-refractivity contribution < 1.29 is 9.53 Å². The van der Waals surface area contributed by atoms with Gasteiger partial charge in [0.2, 0.25) is 5.91 Å². The van der Waals surface area contributed by atoms with Crippen LogP contribution in [-0.2, 0) is 11.2 Å². The van der Waals surface area contributed by atoms with Gasteiger partial charge in [-0.1, -0.05) is 40.2 Å². The normalized spacial score (nSPS) is 10.3. The summed E-state index contributed by atoms with van der Waals surface area (Å²) < 4.78 is 6.25. The first kappa shape index (κ1) is 16.7. The van der Waals surface area contributed by atoms with Crippen LogP contribution in [0.1, 0.15) is 11.1 Å². The third kappa shape index (κ3) is 5.57. The molecule has 0 fully saturated rings. The van der Waals surface area contributed by atoms with Gasteiger partial charge in [0.05, 0.1) is 12.6 Å². The predicted octanol–water partition coefficient (Wildman–Crippen LogP) is 3.04. The molecule has 23 heavy (non-hydrogen) atoms. The molecule has 116 valence electrons. The minimum absolute atomic E-state index is 0.0409. The summed E-state index contributed by atoms with van der Waals surface area (Å²) in [6, 6.07) is 16.6. The Morgan fingerprint density at radius 2 is 2.00 bits per heavy atom. The molecule has 0 heterocycles. The molecule has 0 unspecified atom stereocenters. The summed E-state index contributed by atoms with van der Waals surface area (Å²) in [6.07, 6.45) is 1.74. The van der Waals surface area contributed by atoms with Crippen molar-refractivity contribution in [2.45, 2.75) is 6.42 Å². The molecule has 0 aromatic heterocycles. The minimum atomic E-state index is -0.209. The van der Waals surface area contributed by atoms with E-state index in [4.69, 9.17) is 10.00 Å². The lowest BCUT2D eigenvalue weighted by molar-refractivity contribution is -0.120. The van der Waals surface area contributed by atoms with Crippen LogP contribution in [-0.4, -0.2) is 18.7 Å². The summed E-state index contributed by atoms with van der Waals surface area (Å²) in [5.74, 6) is 0.332. The second-order valence-electron chi connectivity index (χ2n) is 4.58. The number of hydrogen-bond donors (Lipinski definition) is 1. The fourth-order valence-electron chi connectivity index (χ4n) is 1.83. The minimum Gasteiger partial charge on any atom is -0.478 e. The number of nitrogens with zero attached hydrogens (tertiary/aromatic N) is 2. The van der Waals surface area contributed by atoms with Crippen molar-refractivity contribution in [2.75, 3.05) is 6.61 Å². The fraction of sp³-hybridized carbons (Fsp3) is 0.118. The third-order valence-corrected chi connectivity index (χ3v) is 3.41. The Morgan fingerprint density at radius 1 is 1.26 bits per heavy atom. The van der Waals surface area contributed by atoms with Gasteiger partial charge >= 0.3 is 0 Å². The van der Waals surface area contributed by atoms with Crippen molar-refractivity contribution in [1.82, 2.24) is 5.43 Å². The first-order valence-corrected chi connectivity index (χ1v) is 7.63. The average Bonchev–Trinajstić information content (AvgIpc) is 2.56.